The largest absolute Gasteiger partial charge is 0.455 e. The fraction of sp³-hybridized carbons (Fsp3) is 0. The van der Waals surface area contributed by atoms with Gasteiger partial charge in [0.15, 0.2) is 0 Å². The maximum Gasteiger partial charge on any atom is 0.143 e. The maximum absolute atomic E-state index is 7.01. The van der Waals surface area contributed by atoms with Crippen molar-refractivity contribution >= 4 is 76.2 Å². The van der Waals surface area contributed by atoms with Gasteiger partial charge in [0.1, 0.15) is 22.3 Å². The van der Waals surface area contributed by atoms with E-state index in [2.05, 4.69) is 188 Å². The topological polar surface area (TPSA) is 26.3 Å². The van der Waals surface area contributed by atoms with Crippen molar-refractivity contribution in [2.45, 2.75) is 0 Å². The molecule has 2 heterocycles. The lowest BCUT2D eigenvalue weighted by molar-refractivity contribution is 0.665. The summed E-state index contributed by atoms with van der Waals surface area (Å²) in [5.74, 6) is 0. The van der Waals surface area contributed by atoms with Crippen LogP contribution in [0.5, 0.6) is 0 Å². The fourth-order valence-corrected chi connectivity index (χ4v) is 9.06. The molecule has 0 spiro atoms. The van der Waals surface area contributed by atoms with Gasteiger partial charge in [-0.05, 0) is 84.4 Å². The molecule has 0 unspecified atom stereocenters. The van der Waals surface area contributed by atoms with Crippen LogP contribution in [0.15, 0.2) is 203 Å². The van der Waals surface area contributed by atoms with Gasteiger partial charge in [-0.2, -0.15) is 0 Å². The SMILES string of the molecule is c1ccc(-c2c3ccccc3c(-c3cccc4c3oc3cc5c(cc34)oc3c(-c4ccccc4)cccc35)c3cc(-c4ccc5ccccc5c4)ccc23)cc1. The van der Waals surface area contributed by atoms with Gasteiger partial charge in [0.05, 0.1) is 0 Å². The first kappa shape index (κ1) is 31.0. The molecule has 0 aliphatic carbocycles. The molecule has 12 aromatic rings. The highest BCUT2D eigenvalue weighted by Crippen LogP contribution is 2.48. The summed E-state index contributed by atoms with van der Waals surface area (Å²) in [7, 11) is 0. The first-order valence-electron chi connectivity index (χ1n) is 19.2. The fourth-order valence-electron chi connectivity index (χ4n) is 9.06. The predicted octanol–water partition coefficient (Wildman–Crippen LogP) is 15.6. The normalized spacial score (nSPS) is 11.9. The van der Waals surface area contributed by atoms with Gasteiger partial charge in [0.2, 0.25) is 0 Å². The minimum atomic E-state index is 0.846. The molecule has 0 amide bonds. The van der Waals surface area contributed by atoms with E-state index in [1.807, 2.05) is 6.07 Å². The number of rotatable bonds is 4. The number of para-hydroxylation sites is 2. The maximum atomic E-state index is 7.01. The molecule has 2 nitrogen and oxygen atoms in total. The van der Waals surface area contributed by atoms with E-state index in [1.54, 1.807) is 0 Å². The van der Waals surface area contributed by atoms with Crippen molar-refractivity contribution in [2.75, 3.05) is 0 Å². The van der Waals surface area contributed by atoms with Gasteiger partial charge < -0.3 is 8.83 Å². The Morgan fingerprint density at radius 3 is 1.48 bits per heavy atom. The molecule has 0 fully saturated rings. The smallest absolute Gasteiger partial charge is 0.143 e. The number of benzene rings is 10. The second-order valence-corrected chi connectivity index (χ2v) is 14.8. The van der Waals surface area contributed by atoms with Crippen molar-refractivity contribution in [3.05, 3.63) is 194 Å². The Kier molecular flexibility index (Phi) is 6.66. The van der Waals surface area contributed by atoms with Crippen LogP contribution in [0.25, 0.3) is 121 Å². The zero-order chi connectivity index (χ0) is 36.7. The molecule has 0 radical (unpaired) electrons. The van der Waals surface area contributed by atoms with Crippen LogP contribution in [0, 0.1) is 0 Å². The van der Waals surface area contributed by atoms with E-state index in [1.165, 1.54) is 60.1 Å². The molecular weight excluding hydrogens is 681 g/mol. The van der Waals surface area contributed by atoms with Crippen molar-refractivity contribution in [2.24, 2.45) is 0 Å². The molecule has 2 heteroatoms. The number of hydrogen-bond acceptors (Lipinski definition) is 2. The van der Waals surface area contributed by atoms with Crippen LogP contribution in [-0.4, -0.2) is 0 Å². The molecule has 56 heavy (non-hydrogen) atoms. The average molecular weight is 713 g/mol. The molecule has 260 valence electrons. The Morgan fingerprint density at radius 1 is 0.250 bits per heavy atom. The summed E-state index contributed by atoms with van der Waals surface area (Å²) in [4.78, 5) is 0. The zero-order valence-corrected chi connectivity index (χ0v) is 30.3. The predicted molar refractivity (Wildman–Crippen MR) is 235 cm³/mol. The van der Waals surface area contributed by atoms with Gasteiger partial charge >= 0.3 is 0 Å². The third kappa shape index (κ3) is 4.63. The van der Waals surface area contributed by atoms with Crippen molar-refractivity contribution in [1.29, 1.82) is 0 Å². The summed E-state index contributed by atoms with van der Waals surface area (Å²) in [5.41, 5.74) is 12.7. The lowest BCUT2D eigenvalue weighted by Crippen LogP contribution is -1.92. The average Bonchev–Trinajstić information content (AvgIpc) is 3.82. The minimum Gasteiger partial charge on any atom is -0.455 e. The molecule has 0 saturated heterocycles. The third-order valence-electron chi connectivity index (χ3n) is 11.6. The van der Waals surface area contributed by atoms with E-state index in [4.69, 9.17) is 8.83 Å². The molecule has 10 aromatic carbocycles. The summed E-state index contributed by atoms with van der Waals surface area (Å²) in [5, 5.41) is 11.5. The van der Waals surface area contributed by atoms with E-state index in [0.717, 1.165) is 60.6 Å². The molecular formula is C54H32O2. The summed E-state index contributed by atoms with van der Waals surface area (Å²) >= 11 is 0. The Bertz CT molecular complexity index is 3510. The van der Waals surface area contributed by atoms with Gasteiger partial charge in [-0.1, -0.05) is 170 Å². The molecule has 12 rings (SSSR count). The van der Waals surface area contributed by atoms with Crippen LogP contribution in [0.3, 0.4) is 0 Å². The molecule has 0 atom stereocenters. The summed E-state index contributed by atoms with van der Waals surface area (Å²) in [6, 6.07) is 69.7. The molecule has 0 N–H and O–H groups in total. The van der Waals surface area contributed by atoms with E-state index in [0.29, 0.717) is 0 Å². The van der Waals surface area contributed by atoms with Crippen molar-refractivity contribution in [1.82, 2.24) is 0 Å². The standard InChI is InChI=1S/C54H32O2/c1-3-14-34(15-4-1)39-21-11-22-43-46-31-50-47(32-49(46)55-53(39)43)44-23-12-24-45(54(44)56-50)52-41-20-10-9-19-40(41)51(35-16-5-2-6-17-35)42-28-27-38(30-48(42)52)37-26-25-33-13-7-8-18-36(33)29-37/h1-32H. The van der Waals surface area contributed by atoms with Crippen molar-refractivity contribution in [3.8, 4) is 44.5 Å². The van der Waals surface area contributed by atoms with E-state index in [-0.39, 0.29) is 0 Å². The zero-order valence-electron chi connectivity index (χ0n) is 30.3. The van der Waals surface area contributed by atoms with Gasteiger partial charge in [-0.3, -0.25) is 0 Å². The van der Waals surface area contributed by atoms with Crippen LogP contribution >= 0.6 is 0 Å². The van der Waals surface area contributed by atoms with Crippen molar-refractivity contribution < 1.29 is 8.83 Å². The summed E-state index contributed by atoms with van der Waals surface area (Å²) in [6.45, 7) is 0. The number of furan rings is 2. The highest BCUT2D eigenvalue weighted by Gasteiger charge is 2.22. The van der Waals surface area contributed by atoms with Gasteiger partial charge in [-0.25, -0.2) is 0 Å². The first-order valence-corrected chi connectivity index (χ1v) is 19.2. The van der Waals surface area contributed by atoms with Crippen LogP contribution in [0.4, 0.5) is 0 Å². The Labute approximate surface area is 322 Å². The molecule has 2 aromatic heterocycles. The highest BCUT2D eigenvalue weighted by atomic mass is 16.3. The highest BCUT2D eigenvalue weighted by molar-refractivity contribution is 6.25. The van der Waals surface area contributed by atoms with E-state index in [9.17, 15) is 0 Å². The Hall–Kier alpha value is -7.42. The Balaban J connectivity index is 1.14. The molecule has 0 bridgehead atoms. The van der Waals surface area contributed by atoms with E-state index >= 15 is 0 Å². The lowest BCUT2D eigenvalue weighted by atomic mass is 9.84. The number of hydrogen-bond donors (Lipinski definition) is 0. The second-order valence-electron chi connectivity index (χ2n) is 14.8. The van der Waals surface area contributed by atoms with E-state index < -0.39 is 0 Å². The lowest BCUT2D eigenvalue weighted by Gasteiger charge is -2.19. The Morgan fingerprint density at radius 2 is 0.768 bits per heavy atom. The van der Waals surface area contributed by atoms with Crippen molar-refractivity contribution in [3.63, 3.8) is 0 Å². The molecule has 0 saturated carbocycles. The van der Waals surface area contributed by atoms with Crippen LogP contribution in [-0.2, 0) is 0 Å². The second kappa shape index (κ2) is 12.0. The molecule has 0 aliphatic rings. The monoisotopic (exact) mass is 712 g/mol. The van der Waals surface area contributed by atoms with Gasteiger partial charge in [0.25, 0.3) is 0 Å². The summed E-state index contributed by atoms with van der Waals surface area (Å²) in [6.07, 6.45) is 0. The third-order valence-corrected chi connectivity index (χ3v) is 11.6. The minimum absolute atomic E-state index is 0.846. The summed E-state index contributed by atoms with van der Waals surface area (Å²) < 4.78 is 13.7. The quantitative estimate of drug-likeness (QED) is 0.170. The van der Waals surface area contributed by atoms with Crippen LogP contribution in [0.1, 0.15) is 0 Å². The first-order chi connectivity index (χ1) is 27.8. The van der Waals surface area contributed by atoms with Crippen LogP contribution in [0.2, 0.25) is 0 Å². The molecule has 0 aliphatic heterocycles. The van der Waals surface area contributed by atoms with Crippen LogP contribution < -0.4 is 0 Å². The van der Waals surface area contributed by atoms with Gasteiger partial charge in [0, 0.05) is 38.2 Å². The van der Waals surface area contributed by atoms with Gasteiger partial charge in [-0.15, -0.1) is 0 Å². The number of fused-ring (bicyclic) bond motifs is 9.